The number of benzene rings is 3. The van der Waals surface area contributed by atoms with E-state index in [4.69, 9.17) is 10.7 Å². The minimum absolute atomic E-state index is 0.0645. The predicted molar refractivity (Wildman–Crippen MR) is 190 cm³/mol. The number of halogens is 2. The lowest BCUT2D eigenvalue weighted by Gasteiger charge is -2.38. The topological polar surface area (TPSA) is 112 Å². The van der Waals surface area contributed by atoms with Crippen molar-refractivity contribution in [3.8, 4) is 0 Å². The van der Waals surface area contributed by atoms with Gasteiger partial charge >= 0.3 is 12.1 Å². The minimum Gasteiger partial charge on any atom is -0.397 e. The number of carbonyl (C=O) groups is 2. The van der Waals surface area contributed by atoms with Crippen molar-refractivity contribution >= 4 is 66.3 Å². The molecule has 0 aliphatic carbocycles. The lowest BCUT2D eigenvalue weighted by Crippen LogP contribution is -2.52. The largest absolute Gasteiger partial charge is 0.397 e. The van der Waals surface area contributed by atoms with Crippen LogP contribution in [-0.2, 0) is 19.4 Å². The summed E-state index contributed by atoms with van der Waals surface area (Å²) in [5.74, 6) is 0.816. The van der Waals surface area contributed by atoms with Crippen molar-refractivity contribution in [2.75, 3.05) is 51.3 Å². The maximum atomic E-state index is 13.9. The van der Waals surface area contributed by atoms with Gasteiger partial charge in [0.05, 0.1) is 22.8 Å². The van der Waals surface area contributed by atoms with E-state index in [-0.39, 0.29) is 18.1 Å². The molecule has 242 valence electrons. The summed E-state index contributed by atoms with van der Waals surface area (Å²) in [6.07, 6.45) is 2.78. The number of imidazole rings is 1. The zero-order chi connectivity index (χ0) is 32.4. The molecule has 3 heterocycles. The first kappa shape index (κ1) is 32.3. The Hall–Kier alpha value is -3.61. The van der Waals surface area contributed by atoms with Crippen LogP contribution < -0.4 is 16.4 Å². The Labute approximate surface area is 286 Å². The van der Waals surface area contributed by atoms with Crippen LogP contribution >= 0.6 is 31.9 Å². The van der Waals surface area contributed by atoms with Gasteiger partial charge in [-0.3, -0.25) is 0 Å². The van der Waals surface area contributed by atoms with Gasteiger partial charge in [-0.2, -0.15) is 0 Å². The van der Waals surface area contributed by atoms with Crippen molar-refractivity contribution in [1.82, 2.24) is 29.6 Å². The molecule has 2 aliphatic rings. The number of hydrogen-bond acceptors (Lipinski definition) is 5. The zero-order valence-corrected chi connectivity index (χ0v) is 29.4. The van der Waals surface area contributed by atoms with E-state index in [2.05, 4.69) is 78.2 Å². The third-order valence-electron chi connectivity index (χ3n) is 8.98. The molecule has 1 aromatic heterocycles. The Kier molecular flexibility index (Phi) is 9.86. The Balaban J connectivity index is 1.21. The van der Waals surface area contributed by atoms with Crippen molar-refractivity contribution in [1.29, 1.82) is 0 Å². The number of para-hydroxylation sites is 3. The van der Waals surface area contributed by atoms with Crippen molar-refractivity contribution < 1.29 is 9.59 Å². The third-order valence-corrected chi connectivity index (χ3v) is 10.3. The SMILES string of the molecule is CN(C)CCn1c([C@@H](Cc2cc(Br)c(N)c(Br)c2)NC(=O)N2CCC(N3CCc4ccccc4NC3=O)CC2)nc2ccccc21. The fraction of sp³-hybridized carbons (Fsp3) is 0.382. The highest BCUT2D eigenvalue weighted by molar-refractivity contribution is 9.11. The van der Waals surface area contributed by atoms with Gasteiger partial charge in [0.25, 0.3) is 0 Å². The first-order valence-electron chi connectivity index (χ1n) is 15.7. The molecule has 2 aliphatic heterocycles. The molecule has 0 saturated carbocycles. The van der Waals surface area contributed by atoms with Crippen LogP contribution in [0, 0.1) is 0 Å². The van der Waals surface area contributed by atoms with Crippen LogP contribution in [0.3, 0.4) is 0 Å². The number of anilines is 2. The van der Waals surface area contributed by atoms with Crippen molar-refractivity contribution in [3.63, 3.8) is 0 Å². The highest BCUT2D eigenvalue weighted by atomic mass is 79.9. The number of fused-ring (bicyclic) bond motifs is 2. The van der Waals surface area contributed by atoms with Gasteiger partial charge in [-0.1, -0.05) is 30.3 Å². The zero-order valence-electron chi connectivity index (χ0n) is 26.2. The molecule has 0 radical (unpaired) electrons. The molecule has 46 heavy (non-hydrogen) atoms. The number of piperidine rings is 1. The first-order valence-corrected chi connectivity index (χ1v) is 17.3. The molecular weight excluding hydrogens is 712 g/mol. The maximum absolute atomic E-state index is 13.9. The second-order valence-electron chi connectivity index (χ2n) is 12.3. The number of carbonyl (C=O) groups excluding carboxylic acids is 2. The minimum atomic E-state index is -0.392. The summed E-state index contributed by atoms with van der Waals surface area (Å²) < 4.78 is 3.82. The average molecular weight is 753 g/mol. The summed E-state index contributed by atoms with van der Waals surface area (Å²) >= 11 is 7.17. The number of nitrogens with zero attached hydrogens (tertiary/aromatic N) is 5. The summed E-state index contributed by atoms with van der Waals surface area (Å²) in [6, 6.07) is 19.6. The molecule has 4 aromatic rings. The Morgan fingerprint density at radius 3 is 2.50 bits per heavy atom. The van der Waals surface area contributed by atoms with Gasteiger partial charge in [0.2, 0.25) is 0 Å². The average Bonchev–Trinajstić information content (AvgIpc) is 3.32. The highest BCUT2D eigenvalue weighted by Gasteiger charge is 2.33. The monoisotopic (exact) mass is 750 g/mol. The Bertz CT molecular complexity index is 1710. The normalized spacial score (nSPS) is 16.3. The van der Waals surface area contributed by atoms with E-state index in [0.717, 1.165) is 75.0 Å². The molecule has 4 N–H and O–H groups in total. The van der Waals surface area contributed by atoms with Gasteiger partial charge in [-0.05, 0) is 107 Å². The molecule has 4 amide bonds. The molecular formula is C34H40Br2N8O2. The van der Waals surface area contributed by atoms with Gasteiger partial charge in [-0.15, -0.1) is 0 Å². The fourth-order valence-corrected chi connectivity index (χ4v) is 7.73. The van der Waals surface area contributed by atoms with E-state index in [9.17, 15) is 9.59 Å². The molecule has 0 bridgehead atoms. The fourth-order valence-electron chi connectivity index (χ4n) is 6.45. The summed E-state index contributed by atoms with van der Waals surface area (Å²) in [6.45, 7) is 3.36. The molecule has 0 unspecified atom stereocenters. The van der Waals surface area contributed by atoms with Gasteiger partial charge in [0.1, 0.15) is 5.82 Å². The summed E-state index contributed by atoms with van der Waals surface area (Å²) in [7, 11) is 4.11. The second kappa shape index (κ2) is 14.0. The van der Waals surface area contributed by atoms with Crippen LogP contribution in [0.25, 0.3) is 11.0 Å². The van der Waals surface area contributed by atoms with Gasteiger partial charge in [0, 0.05) is 59.8 Å². The van der Waals surface area contributed by atoms with Gasteiger partial charge in [-0.25, -0.2) is 14.6 Å². The van der Waals surface area contributed by atoms with Crippen LogP contribution in [0.15, 0.2) is 69.6 Å². The molecule has 10 nitrogen and oxygen atoms in total. The van der Waals surface area contributed by atoms with E-state index in [0.29, 0.717) is 31.7 Å². The van der Waals surface area contributed by atoms with Gasteiger partial charge < -0.3 is 35.6 Å². The van der Waals surface area contributed by atoms with Crippen molar-refractivity contribution in [3.05, 3.63) is 86.6 Å². The first-order chi connectivity index (χ1) is 22.2. The molecule has 6 rings (SSSR count). The van der Waals surface area contributed by atoms with Crippen LogP contribution in [0.2, 0.25) is 0 Å². The number of nitrogen functional groups attached to an aromatic ring is 1. The van der Waals surface area contributed by atoms with E-state index in [1.807, 2.05) is 58.3 Å². The highest BCUT2D eigenvalue weighted by Crippen LogP contribution is 2.32. The Morgan fingerprint density at radius 1 is 1.07 bits per heavy atom. The number of aromatic nitrogens is 2. The number of rotatable bonds is 8. The van der Waals surface area contributed by atoms with Crippen molar-refractivity contribution in [2.24, 2.45) is 0 Å². The quantitative estimate of drug-likeness (QED) is 0.184. The number of nitrogens with two attached hydrogens (primary N) is 1. The molecule has 1 saturated heterocycles. The van der Waals surface area contributed by atoms with Crippen LogP contribution in [0.1, 0.15) is 35.8 Å². The number of likely N-dealkylation sites (tertiary alicyclic amines) is 1. The van der Waals surface area contributed by atoms with Crippen LogP contribution in [0.5, 0.6) is 0 Å². The summed E-state index contributed by atoms with van der Waals surface area (Å²) in [5.41, 5.74) is 11.8. The van der Waals surface area contributed by atoms with E-state index in [1.165, 1.54) is 0 Å². The summed E-state index contributed by atoms with van der Waals surface area (Å²) in [4.78, 5) is 38.1. The molecule has 12 heteroatoms. The summed E-state index contributed by atoms with van der Waals surface area (Å²) in [5, 5.41) is 6.44. The Morgan fingerprint density at radius 2 is 1.76 bits per heavy atom. The number of amides is 4. The van der Waals surface area contributed by atoms with Crippen LogP contribution in [-0.4, -0.2) is 82.6 Å². The molecule has 3 aromatic carbocycles. The van der Waals surface area contributed by atoms with Gasteiger partial charge in [0.15, 0.2) is 0 Å². The third kappa shape index (κ3) is 7.03. The van der Waals surface area contributed by atoms with E-state index >= 15 is 0 Å². The van der Waals surface area contributed by atoms with Crippen molar-refractivity contribution in [2.45, 2.75) is 44.3 Å². The molecule has 0 spiro atoms. The molecule has 1 fully saturated rings. The molecule has 1 atom stereocenters. The second-order valence-corrected chi connectivity index (χ2v) is 14.1. The smallest absolute Gasteiger partial charge is 0.322 e. The number of hydrogen-bond donors (Lipinski definition) is 3. The standard InChI is InChI=1S/C34H40Br2N8O2/c1-41(2)17-18-44-30-10-6-5-9-28(30)38-32(44)29(21-22-19-25(35)31(37)26(36)20-22)40-33(45)42-14-12-24(13-15-42)43-16-11-23-7-3-4-8-27(23)39-34(43)46/h3-10,19-20,24,29H,11-18,21,37H2,1-2H3,(H,39,46)(H,40,45)/t29-/m1/s1. The number of urea groups is 2. The van der Waals surface area contributed by atoms with E-state index < -0.39 is 6.04 Å². The van der Waals surface area contributed by atoms with Crippen LogP contribution in [0.4, 0.5) is 21.0 Å². The lowest BCUT2D eigenvalue weighted by molar-refractivity contribution is 0.133. The number of likely N-dealkylation sites (N-methyl/N-ethyl adjacent to an activating group) is 1. The lowest BCUT2D eigenvalue weighted by atomic mass is 10.0. The maximum Gasteiger partial charge on any atom is 0.322 e. The predicted octanol–water partition coefficient (Wildman–Crippen LogP) is 6.25. The number of nitrogens with one attached hydrogen (secondary N) is 2. The van der Waals surface area contributed by atoms with E-state index in [1.54, 1.807) is 0 Å².